The van der Waals surface area contributed by atoms with Gasteiger partial charge in [-0.1, -0.05) is 0 Å². The van der Waals surface area contributed by atoms with Crippen LogP contribution in [-0.4, -0.2) is 58.6 Å². The molecule has 22 heavy (non-hydrogen) atoms. The second kappa shape index (κ2) is 6.75. The summed E-state index contributed by atoms with van der Waals surface area (Å²) in [5, 5.41) is 9.16. The van der Waals surface area contributed by atoms with Crippen LogP contribution in [-0.2, 0) is 11.3 Å². The van der Waals surface area contributed by atoms with Gasteiger partial charge in [-0.15, -0.1) is 0 Å². The minimum atomic E-state index is 0.0581. The first kappa shape index (κ1) is 15.4. The first-order chi connectivity index (χ1) is 10.7. The Balaban J connectivity index is 1.65. The first-order valence-electron chi connectivity index (χ1n) is 8.21. The zero-order valence-electron chi connectivity index (χ0n) is 13.1. The third kappa shape index (κ3) is 3.47. The highest BCUT2D eigenvalue weighted by molar-refractivity contribution is 5.77. The number of hydrogen-bond donors (Lipinski definition) is 1. The van der Waals surface area contributed by atoms with E-state index in [2.05, 4.69) is 22.0 Å². The predicted octanol–water partition coefficient (Wildman–Crippen LogP) is 1.28. The quantitative estimate of drug-likeness (QED) is 0.910. The molecule has 3 heterocycles. The van der Waals surface area contributed by atoms with E-state index in [4.69, 9.17) is 5.11 Å². The molecule has 0 aromatic carbocycles. The highest BCUT2D eigenvalue weighted by Crippen LogP contribution is 2.39. The van der Waals surface area contributed by atoms with Gasteiger partial charge in [0.25, 0.3) is 0 Å². The molecule has 1 aromatic heterocycles. The average molecular weight is 303 g/mol. The van der Waals surface area contributed by atoms with Crippen LogP contribution in [0.3, 0.4) is 0 Å². The fourth-order valence-corrected chi connectivity index (χ4v) is 3.95. The topological polar surface area (TPSA) is 56.7 Å². The molecule has 5 heteroatoms. The van der Waals surface area contributed by atoms with E-state index in [-0.39, 0.29) is 17.9 Å². The van der Waals surface area contributed by atoms with Crippen LogP contribution in [0.1, 0.15) is 31.2 Å². The van der Waals surface area contributed by atoms with Gasteiger partial charge in [-0.05, 0) is 43.5 Å². The van der Waals surface area contributed by atoms with Gasteiger partial charge < -0.3 is 10.0 Å². The van der Waals surface area contributed by atoms with Crippen LogP contribution in [0.4, 0.5) is 0 Å². The van der Waals surface area contributed by atoms with Gasteiger partial charge in [0.2, 0.25) is 5.91 Å². The fraction of sp³-hybridized carbons (Fsp3) is 0.647. The highest BCUT2D eigenvalue weighted by Gasteiger charge is 2.41. The van der Waals surface area contributed by atoms with Crippen molar-refractivity contribution in [3.8, 4) is 0 Å². The molecule has 1 aromatic rings. The van der Waals surface area contributed by atoms with Gasteiger partial charge in [-0.2, -0.15) is 0 Å². The number of aliphatic hydroxyl groups excluding tert-OH is 1. The van der Waals surface area contributed by atoms with Crippen LogP contribution >= 0.6 is 0 Å². The van der Waals surface area contributed by atoms with Crippen LogP contribution < -0.4 is 0 Å². The first-order valence-corrected chi connectivity index (χ1v) is 8.21. The number of aromatic nitrogens is 1. The molecule has 0 bridgehead atoms. The minimum Gasteiger partial charge on any atom is -0.395 e. The van der Waals surface area contributed by atoms with Crippen molar-refractivity contribution in [3.63, 3.8) is 0 Å². The highest BCUT2D eigenvalue weighted by atomic mass is 16.3. The molecule has 1 atom stereocenters. The molecule has 2 aliphatic rings. The standard InChI is InChI=1S/C17H25N3O2/c21-11-10-20-14-17(6-2-16(20)22)5-1-9-19(13-17)12-15-3-7-18-8-4-15/h3-4,7-8,21H,1-2,5-6,9-14H2/t17-/m1/s1. The molecule has 5 nitrogen and oxygen atoms in total. The number of carbonyl (C=O) groups excluding carboxylic acids is 1. The summed E-state index contributed by atoms with van der Waals surface area (Å²) in [5.41, 5.74) is 1.51. The predicted molar refractivity (Wildman–Crippen MR) is 84.1 cm³/mol. The summed E-state index contributed by atoms with van der Waals surface area (Å²) >= 11 is 0. The minimum absolute atomic E-state index is 0.0581. The maximum Gasteiger partial charge on any atom is 0.222 e. The summed E-state index contributed by atoms with van der Waals surface area (Å²) in [4.78, 5) is 20.4. The van der Waals surface area contributed by atoms with Crippen molar-refractivity contribution in [2.45, 2.75) is 32.2 Å². The number of hydrogen-bond acceptors (Lipinski definition) is 4. The fourth-order valence-electron chi connectivity index (χ4n) is 3.95. The lowest BCUT2D eigenvalue weighted by Crippen LogP contribution is -2.54. The van der Waals surface area contributed by atoms with E-state index in [9.17, 15) is 4.79 Å². The summed E-state index contributed by atoms with van der Waals surface area (Å²) in [5.74, 6) is 0.200. The molecule has 2 saturated heterocycles. The molecule has 1 spiro atoms. The molecule has 2 aliphatic heterocycles. The molecule has 2 fully saturated rings. The van der Waals surface area contributed by atoms with Crippen molar-refractivity contribution in [2.24, 2.45) is 5.41 Å². The maximum absolute atomic E-state index is 12.0. The van der Waals surface area contributed by atoms with Gasteiger partial charge in [0.05, 0.1) is 6.61 Å². The Morgan fingerprint density at radius 2 is 2.05 bits per heavy atom. The third-order valence-corrected chi connectivity index (χ3v) is 5.01. The molecule has 0 saturated carbocycles. The van der Waals surface area contributed by atoms with Gasteiger partial charge in [-0.3, -0.25) is 14.7 Å². The Kier molecular flexibility index (Phi) is 4.74. The van der Waals surface area contributed by atoms with E-state index in [1.807, 2.05) is 17.3 Å². The van der Waals surface area contributed by atoms with Crippen molar-refractivity contribution >= 4 is 5.91 Å². The zero-order chi connectivity index (χ0) is 15.4. The number of nitrogens with zero attached hydrogens (tertiary/aromatic N) is 3. The number of amides is 1. The average Bonchev–Trinajstić information content (AvgIpc) is 2.53. The maximum atomic E-state index is 12.0. The molecule has 3 rings (SSSR count). The molecule has 120 valence electrons. The lowest BCUT2D eigenvalue weighted by molar-refractivity contribution is -0.140. The summed E-state index contributed by atoms with van der Waals surface area (Å²) < 4.78 is 0. The summed E-state index contributed by atoms with van der Waals surface area (Å²) in [6.45, 7) is 4.47. The largest absolute Gasteiger partial charge is 0.395 e. The Hall–Kier alpha value is -1.46. The summed E-state index contributed by atoms with van der Waals surface area (Å²) in [7, 11) is 0. The number of piperidine rings is 2. The zero-order valence-corrected chi connectivity index (χ0v) is 13.1. The van der Waals surface area contributed by atoms with Crippen LogP contribution in [0.15, 0.2) is 24.5 Å². The monoisotopic (exact) mass is 303 g/mol. The molecular formula is C17H25N3O2. The molecular weight excluding hydrogens is 278 g/mol. The lowest BCUT2D eigenvalue weighted by Gasteiger charge is -2.48. The van der Waals surface area contributed by atoms with Crippen LogP contribution in [0.25, 0.3) is 0 Å². The SMILES string of the molecule is O=C1CC[C@@]2(CCCN(Cc3ccncc3)C2)CN1CCO. The Morgan fingerprint density at radius 1 is 1.23 bits per heavy atom. The van der Waals surface area contributed by atoms with E-state index in [0.717, 1.165) is 32.6 Å². The van der Waals surface area contributed by atoms with Gasteiger partial charge in [-0.25, -0.2) is 0 Å². The van der Waals surface area contributed by atoms with Crippen molar-refractivity contribution in [3.05, 3.63) is 30.1 Å². The number of carbonyl (C=O) groups is 1. The number of pyridine rings is 1. The summed E-state index contributed by atoms with van der Waals surface area (Å²) in [6.07, 6.45) is 7.68. The molecule has 0 radical (unpaired) electrons. The van der Waals surface area contributed by atoms with Crippen LogP contribution in [0.5, 0.6) is 0 Å². The number of likely N-dealkylation sites (tertiary alicyclic amines) is 2. The third-order valence-electron chi connectivity index (χ3n) is 5.01. The van der Waals surface area contributed by atoms with E-state index in [0.29, 0.717) is 13.0 Å². The molecule has 1 N–H and O–H groups in total. The normalized spacial score (nSPS) is 26.6. The summed E-state index contributed by atoms with van der Waals surface area (Å²) in [6, 6.07) is 4.15. The Morgan fingerprint density at radius 3 is 2.82 bits per heavy atom. The second-order valence-electron chi connectivity index (χ2n) is 6.71. The smallest absolute Gasteiger partial charge is 0.222 e. The lowest BCUT2D eigenvalue weighted by atomic mass is 9.73. The molecule has 0 unspecified atom stereocenters. The number of rotatable bonds is 4. The van der Waals surface area contributed by atoms with Gasteiger partial charge in [0.1, 0.15) is 0 Å². The van der Waals surface area contributed by atoms with E-state index >= 15 is 0 Å². The van der Waals surface area contributed by atoms with Gasteiger partial charge >= 0.3 is 0 Å². The Bertz CT molecular complexity index is 508. The molecule has 1 amide bonds. The van der Waals surface area contributed by atoms with Crippen molar-refractivity contribution in [1.82, 2.24) is 14.8 Å². The number of β-amino-alcohol motifs (C(OH)–C–C–N with tert-alkyl or cyclic N) is 1. The van der Waals surface area contributed by atoms with Gasteiger partial charge in [0.15, 0.2) is 0 Å². The molecule has 0 aliphatic carbocycles. The van der Waals surface area contributed by atoms with E-state index in [1.165, 1.54) is 18.4 Å². The van der Waals surface area contributed by atoms with Gasteiger partial charge in [0, 0.05) is 50.4 Å². The van der Waals surface area contributed by atoms with Crippen LogP contribution in [0.2, 0.25) is 0 Å². The Labute approximate surface area is 131 Å². The number of aliphatic hydroxyl groups is 1. The second-order valence-corrected chi connectivity index (χ2v) is 6.71. The van der Waals surface area contributed by atoms with E-state index < -0.39 is 0 Å². The van der Waals surface area contributed by atoms with E-state index in [1.54, 1.807) is 0 Å². The van der Waals surface area contributed by atoms with Crippen LogP contribution in [0, 0.1) is 5.41 Å². The van der Waals surface area contributed by atoms with Crippen molar-refractivity contribution in [1.29, 1.82) is 0 Å². The van der Waals surface area contributed by atoms with Crippen molar-refractivity contribution < 1.29 is 9.90 Å². The van der Waals surface area contributed by atoms with Crippen molar-refractivity contribution in [2.75, 3.05) is 32.8 Å².